The lowest BCUT2D eigenvalue weighted by atomic mass is 10.1. The molecule has 0 saturated heterocycles. The molecule has 0 bridgehead atoms. The molecule has 1 aromatic carbocycles. The van der Waals surface area contributed by atoms with Crippen LogP contribution in [-0.2, 0) is 6.42 Å². The molecule has 0 amide bonds. The normalized spacial score (nSPS) is 12.4. The molecular formula is C16H21NS. The molecule has 1 aromatic heterocycles. The van der Waals surface area contributed by atoms with Crippen molar-refractivity contribution in [2.24, 2.45) is 0 Å². The van der Waals surface area contributed by atoms with Crippen LogP contribution >= 0.6 is 10.0 Å². The van der Waals surface area contributed by atoms with E-state index in [4.69, 9.17) is 0 Å². The largest absolute Gasteiger partial charge is 0.255 e. The molecule has 0 atom stereocenters. The Balaban J connectivity index is 2.28. The highest BCUT2D eigenvalue weighted by Crippen LogP contribution is 2.44. The van der Waals surface area contributed by atoms with Crippen molar-refractivity contribution >= 4 is 10.0 Å². The van der Waals surface area contributed by atoms with Crippen LogP contribution in [0.5, 0.6) is 0 Å². The predicted molar refractivity (Wildman–Crippen MR) is 82.7 cm³/mol. The van der Waals surface area contributed by atoms with Gasteiger partial charge in [-0.2, -0.15) is 0 Å². The van der Waals surface area contributed by atoms with Gasteiger partial charge >= 0.3 is 0 Å². The predicted octanol–water partition coefficient (Wildman–Crippen LogP) is 4.36. The molecule has 0 aliphatic carbocycles. The molecule has 1 nitrogen and oxygen atoms in total. The highest BCUT2D eigenvalue weighted by molar-refractivity contribution is 8.32. The van der Waals surface area contributed by atoms with Gasteiger partial charge in [-0.1, -0.05) is 31.2 Å². The number of benzene rings is 1. The molecule has 2 aromatic rings. The number of nitrogens with zero attached hydrogens (tertiary/aromatic N) is 1. The van der Waals surface area contributed by atoms with E-state index < -0.39 is 10.0 Å². The zero-order chi connectivity index (χ0) is 13.2. The van der Waals surface area contributed by atoms with Crippen LogP contribution in [0.1, 0.15) is 12.5 Å². The van der Waals surface area contributed by atoms with Crippen molar-refractivity contribution in [3.63, 3.8) is 0 Å². The average molecular weight is 259 g/mol. The van der Waals surface area contributed by atoms with Gasteiger partial charge < -0.3 is 0 Å². The second-order valence-electron chi connectivity index (χ2n) is 5.27. The molecule has 0 radical (unpaired) electrons. The summed E-state index contributed by atoms with van der Waals surface area (Å²) in [4.78, 5) is 5.95. The Bertz CT molecular complexity index is 506. The van der Waals surface area contributed by atoms with Crippen molar-refractivity contribution in [1.29, 1.82) is 0 Å². The van der Waals surface area contributed by atoms with Gasteiger partial charge in [-0.25, -0.2) is 10.0 Å². The van der Waals surface area contributed by atoms with Crippen LogP contribution in [0.2, 0.25) is 0 Å². The third-order valence-corrected chi connectivity index (χ3v) is 4.76. The number of hydrogen-bond donors (Lipinski definition) is 0. The maximum absolute atomic E-state index is 4.59. The molecule has 0 N–H and O–H groups in total. The summed E-state index contributed by atoms with van der Waals surface area (Å²) in [6, 6.07) is 13.0. The number of hydrogen-bond acceptors (Lipinski definition) is 1. The minimum absolute atomic E-state index is 0.675. The van der Waals surface area contributed by atoms with E-state index >= 15 is 0 Å². The number of pyridine rings is 1. The zero-order valence-corrected chi connectivity index (χ0v) is 12.4. The van der Waals surface area contributed by atoms with Gasteiger partial charge in [-0.15, -0.1) is 0 Å². The maximum atomic E-state index is 4.59. The van der Waals surface area contributed by atoms with Crippen LogP contribution in [0.3, 0.4) is 0 Å². The van der Waals surface area contributed by atoms with Gasteiger partial charge in [0, 0.05) is 16.7 Å². The third kappa shape index (κ3) is 2.94. The van der Waals surface area contributed by atoms with E-state index in [0.29, 0.717) is 0 Å². The fraction of sp³-hybridized carbons (Fsp3) is 0.312. The molecule has 2 rings (SSSR count). The van der Waals surface area contributed by atoms with Crippen molar-refractivity contribution in [2.75, 3.05) is 18.8 Å². The van der Waals surface area contributed by atoms with Crippen LogP contribution < -0.4 is 0 Å². The summed E-state index contributed by atoms with van der Waals surface area (Å²) in [6.45, 7) is 2.17. The van der Waals surface area contributed by atoms with E-state index in [-0.39, 0.29) is 0 Å². The van der Waals surface area contributed by atoms with Crippen LogP contribution in [0.25, 0.3) is 11.3 Å². The zero-order valence-electron chi connectivity index (χ0n) is 11.6. The van der Waals surface area contributed by atoms with Gasteiger partial charge in [0.15, 0.2) is 0 Å². The highest BCUT2D eigenvalue weighted by Gasteiger charge is 2.08. The lowest BCUT2D eigenvalue weighted by Crippen LogP contribution is -1.94. The van der Waals surface area contributed by atoms with Gasteiger partial charge in [0.2, 0.25) is 0 Å². The molecule has 0 fully saturated rings. The second-order valence-corrected chi connectivity index (χ2v) is 9.41. The minimum Gasteiger partial charge on any atom is -0.255 e. The summed E-state index contributed by atoms with van der Waals surface area (Å²) in [6.07, 6.45) is 9.98. The first-order valence-corrected chi connectivity index (χ1v) is 9.10. The first-order chi connectivity index (χ1) is 8.50. The molecule has 0 aliphatic rings. The SMILES string of the molecule is CCc1ccc(-c2ccc(S(C)(C)C)cn2)cc1. The van der Waals surface area contributed by atoms with E-state index in [0.717, 1.165) is 12.1 Å². The van der Waals surface area contributed by atoms with Gasteiger partial charge in [0.1, 0.15) is 0 Å². The van der Waals surface area contributed by atoms with Crippen molar-refractivity contribution in [3.05, 3.63) is 48.2 Å². The Morgan fingerprint density at radius 1 is 0.944 bits per heavy atom. The highest BCUT2D eigenvalue weighted by atomic mass is 32.3. The molecule has 0 unspecified atom stereocenters. The van der Waals surface area contributed by atoms with Crippen LogP contribution in [-0.4, -0.2) is 23.8 Å². The fourth-order valence-electron chi connectivity index (χ4n) is 1.82. The molecule has 96 valence electrons. The quantitative estimate of drug-likeness (QED) is 0.798. The molecular weight excluding hydrogens is 238 g/mol. The Morgan fingerprint density at radius 2 is 1.61 bits per heavy atom. The summed E-state index contributed by atoms with van der Waals surface area (Å²) in [5, 5.41) is 0. The minimum atomic E-state index is -0.675. The Hall–Kier alpha value is -1.28. The summed E-state index contributed by atoms with van der Waals surface area (Å²) >= 11 is 0. The van der Waals surface area contributed by atoms with E-state index in [2.05, 4.69) is 67.1 Å². The first kappa shape index (κ1) is 13.2. The van der Waals surface area contributed by atoms with Crippen molar-refractivity contribution in [3.8, 4) is 11.3 Å². The average Bonchev–Trinajstić information content (AvgIpc) is 2.38. The molecule has 2 heteroatoms. The van der Waals surface area contributed by atoms with Crippen LogP contribution in [0.4, 0.5) is 0 Å². The molecule has 0 aliphatic heterocycles. The Morgan fingerprint density at radius 3 is 2.06 bits per heavy atom. The second kappa shape index (κ2) is 5.15. The lowest BCUT2D eigenvalue weighted by molar-refractivity contribution is 1.14. The molecule has 1 heterocycles. The third-order valence-electron chi connectivity index (χ3n) is 3.10. The lowest BCUT2D eigenvalue weighted by Gasteiger charge is -2.25. The van der Waals surface area contributed by atoms with Crippen molar-refractivity contribution in [1.82, 2.24) is 4.98 Å². The summed E-state index contributed by atoms with van der Waals surface area (Å²) in [7, 11) is -0.675. The summed E-state index contributed by atoms with van der Waals surface area (Å²) in [5.74, 6) is 0. The van der Waals surface area contributed by atoms with E-state index in [9.17, 15) is 0 Å². The Kier molecular flexibility index (Phi) is 3.76. The first-order valence-electron chi connectivity index (χ1n) is 6.24. The van der Waals surface area contributed by atoms with Crippen LogP contribution in [0.15, 0.2) is 47.5 Å². The molecule has 0 saturated carbocycles. The van der Waals surface area contributed by atoms with Crippen molar-refractivity contribution < 1.29 is 0 Å². The van der Waals surface area contributed by atoms with E-state index in [1.165, 1.54) is 16.0 Å². The smallest absolute Gasteiger partial charge is 0.0702 e. The van der Waals surface area contributed by atoms with Crippen LogP contribution in [0, 0.1) is 0 Å². The van der Waals surface area contributed by atoms with E-state index in [1.807, 2.05) is 6.20 Å². The number of aryl methyl sites for hydroxylation is 1. The Labute approximate surface area is 112 Å². The monoisotopic (exact) mass is 259 g/mol. The summed E-state index contributed by atoms with van der Waals surface area (Å²) < 4.78 is 0. The standard InChI is InChI=1S/C16H21NS/c1-5-13-6-8-14(9-7-13)16-11-10-15(12-17-16)18(2,3)4/h6-12H,5H2,1-4H3. The topological polar surface area (TPSA) is 12.9 Å². The van der Waals surface area contributed by atoms with Gasteiger partial charge in [0.25, 0.3) is 0 Å². The molecule has 0 spiro atoms. The van der Waals surface area contributed by atoms with Gasteiger partial charge in [-0.05, 0) is 42.9 Å². The number of aromatic nitrogens is 1. The van der Waals surface area contributed by atoms with E-state index in [1.54, 1.807) is 0 Å². The number of rotatable bonds is 3. The maximum Gasteiger partial charge on any atom is 0.0702 e. The fourth-order valence-corrected chi connectivity index (χ4v) is 2.67. The van der Waals surface area contributed by atoms with Gasteiger partial charge in [0.05, 0.1) is 5.69 Å². The molecule has 18 heavy (non-hydrogen) atoms. The summed E-state index contributed by atoms with van der Waals surface area (Å²) in [5.41, 5.74) is 3.63. The van der Waals surface area contributed by atoms with Crippen molar-refractivity contribution in [2.45, 2.75) is 18.2 Å². The van der Waals surface area contributed by atoms with Gasteiger partial charge in [-0.3, -0.25) is 4.98 Å².